The molecule has 1 aromatic rings. The number of rotatable bonds is 3. The lowest BCUT2D eigenvalue weighted by Gasteiger charge is -2.00. The average Bonchev–Trinajstić information content (AvgIpc) is 2.15. The van der Waals surface area contributed by atoms with Gasteiger partial charge in [-0.1, -0.05) is 22.0 Å². The molecule has 0 amide bonds. The van der Waals surface area contributed by atoms with E-state index in [0.717, 1.165) is 16.6 Å². The predicted octanol–water partition coefficient (Wildman–Crippen LogP) is 2.00. The molecule has 0 saturated carbocycles. The Hall–Kier alpha value is -1.62. The molecule has 0 aliphatic rings. The van der Waals surface area contributed by atoms with Crippen molar-refractivity contribution in [2.24, 2.45) is 0 Å². The molecule has 0 bridgehead atoms. The Morgan fingerprint density at radius 2 is 2.07 bits per heavy atom. The minimum Gasteiger partial charge on any atom is -0.478 e. The van der Waals surface area contributed by atoms with E-state index in [-0.39, 0.29) is 0 Å². The van der Waals surface area contributed by atoms with E-state index < -0.39 is 11.9 Å². The summed E-state index contributed by atoms with van der Waals surface area (Å²) < 4.78 is 5.60. The molecule has 1 rings (SSSR count). The molecule has 15 heavy (non-hydrogen) atoms. The van der Waals surface area contributed by atoms with Crippen LogP contribution in [0.5, 0.6) is 5.75 Å². The van der Waals surface area contributed by atoms with Gasteiger partial charge in [0.15, 0.2) is 0 Å². The second kappa shape index (κ2) is 5.31. The number of hydrogen-bond donors (Lipinski definition) is 1. The Bertz CT molecular complexity index is 412. The molecule has 0 radical (unpaired) electrons. The number of carbonyl (C=O) groups is 2. The summed E-state index contributed by atoms with van der Waals surface area (Å²) >= 11 is 3.21. The van der Waals surface area contributed by atoms with Gasteiger partial charge in [-0.15, -0.1) is 0 Å². The van der Waals surface area contributed by atoms with Crippen molar-refractivity contribution < 1.29 is 19.4 Å². The predicted molar refractivity (Wildman–Crippen MR) is 56.6 cm³/mol. The highest BCUT2D eigenvalue weighted by atomic mass is 79.9. The van der Waals surface area contributed by atoms with Gasteiger partial charge in [-0.25, -0.2) is 9.59 Å². The topological polar surface area (TPSA) is 63.6 Å². The van der Waals surface area contributed by atoms with Crippen molar-refractivity contribution in [1.29, 1.82) is 0 Å². The van der Waals surface area contributed by atoms with Crippen LogP contribution in [0.4, 0.5) is 0 Å². The van der Waals surface area contributed by atoms with Crippen LogP contribution in [-0.2, 0) is 9.59 Å². The van der Waals surface area contributed by atoms with Crippen LogP contribution < -0.4 is 4.74 Å². The number of carboxylic acid groups (broad SMARTS) is 1. The minimum absolute atomic E-state index is 0.351. The summed E-state index contributed by atoms with van der Waals surface area (Å²) in [5.41, 5.74) is 0. The molecule has 0 atom stereocenters. The van der Waals surface area contributed by atoms with Crippen LogP contribution in [0.1, 0.15) is 0 Å². The number of carbonyl (C=O) groups excluding carboxylic acids is 1. The maximum atomic E-state index is 11.0. The van der Waals surface area contributed by atoms with E-state index in [4.69, 9.17) is 9.84 Å². The highest BCUT2D eigenvalue weighted by Gasteiger charge is 2.01. The summed E-state index contributed by atoms with van der Waals surface area (Å²) in [6.07, 6.45) is 1.57. The normalized spacial score (nSPS) is 10.2. The zero-order valence-electron chi connectivity index (χ0n) is 7.51. The molecule has 0 aliphatic carbocycles. The lowest BCUT2D eigenvalue weighted by molar-refractivity contribution is -0.133. The van der Waals surface area contributed by atoms with Crippen LogP contribution in [0, 0.1) is 0 Å². The second-order valence-corrected chi connectivity index (χ2v) is 3.47. The zero-order valence-corrected chi connectivity index (χ0v) is 9.10. The maximum absolute atomic E-state index is 11.0. The number of carboxylic acids is 1. The smallest absolute Gasteiger partial charge is 0.336 e. The summed E-state index contributed by atoms with van der Waals surface area (Å²) in [5, 5.41) is 8.27. The van der Waals surface area contributed by atoms with Crippen molar-refractivity contribution in [3.8, 4) is 5.75 Å². The first-order chi connectivity index (χ1) is 7.08. The van der Waals surface area contributed by atoms with Crippen molar-refractivity contribution in [1.82, 2.24) is 0 Å². The van der Waals surface area contributed by atoms with Crippen molar-refractivity contribution in [2.45, 2.75) is 0 Å². The van der Waals surface area contributed by atoms with Gasteiger partial charge in [-0.2, -0.15) is 0 Å². The zero-order chi connectivity index (χ0) is 11.3. The monoisotopic (exact) mass is 270 g/mol. The van der Waals surface area contributed by atoms with E-state index in [2.05, 4.69) is 15.9 Å². The number of aliphatic carboxylic acids is 1. The lowest BCUT2D eigenvalue weighted by atomic mass is 10.3. The van der Waals surface area contributed by atoms with Crippen molar-refractivity contribution in [3.05, 3.63) is 40.9 Å². The summed E-state index contributed by atoms with van der Waals surface area (Å²) in [6.45, 7) is 0. The van der Waals surface area contributed by atoms with E-state index in [1.54, 1.807) is 24.3 Å². The fraction of sp³-hybridized carbons (Fsp3) is 0. The molecule has 0 spiro atoms. The minimum atomic E-state index is -1.19. The second-order valence-electron chi connectivity index (χ2n) is 2.55. The Labute approximate surface area is 94.3 Å². The molecule has 0 fully saturated rings. The number of esters is 1. The third-order valence-corrected chi connectivity index (χ3v) is 1.87. The van der Waals surface area contributed by atoms with Gasteiger partial charge in [0.1, 0.15) is 5.75 Å². The fourth-order valence-electron chi connectivity index (χ4n) is 0.820. The molecule has 0 unspecified atom stereocenters. The van der Waals surface area contributed by atoms with Crippen LogP contribution in [-0.4, -0.2) is 17.0 Å². The van der Waals surface area contributed by atoms with E-state index in [1.807, 2.05) is 0 Å². The van der Waals surface area contributed by atoms with Gasteiger partial charge in [-0.05, 0) is 18.2 Å². The van der Waals surface area contributed by atoms with Crippen molar-refractivity contribution >= 4 is 27.9 Å². The van der Waals surface area contributed by atoms with E-state index >= 15 is 0 Å². The van der Waals surface area contributed by atoms with Crippen LogP contribution in [0.2, 0.25) is 0 Å². The van der Waals surface area contributed by atoms with Gasteiger partial charge in [0.2, 0.25) is 0 Å². The lowest BCUT2D eigenvalue weighted by Crippen LogP contribution is -2.04. The first-order valence-electron chi connectivity index (χ1n) is 3.96. The molecule has 1 N–H and O–H groups in total. The molecule has 4 nitrogen and oxygen atoms in total. The van der Waals surface area contributed by atoms with Crippen molar-refractivity contribution in [3.63, 3.8) is 0 Å². The molecule has 1 aromatic carbocycles. The largest absolute Gasteiger partial charge is 0.478 e. The highest BCUT2D eigenvalue weighted by Crippen LogP contribution is 2.17. The fourth-order valence-corrected chi connectivity index (χ4v) is 1.20. The van der Waals surface area contributed by atoms with E-state index in [0.29, 0.717) is 5.75 Å². The summed E-state index contributed by atoms with van der Waals surface area (Å²) in [5.74, 6) is -1.57. The number of benzene rings is 1. The molecular weight excluding hydrogens is 264 g/mol. The highest BCUT2D eigenvalue weighted by molar-refractivity contribution is 9.10. The molecule has 78 valence electrons. The maximum Gasteiger partial charge on any atom is 0.336 e. The van der Waals surface area contributed by atoms with Gasteiger partial charge in [0, 0.05) is 16.6 Å². The number of halogens is 1. The SMILES string of the molecule is O=C(O)/C=C\C(=O)Oc1cccc(Br)c1. The van der Waals surface area contributed by atoms with Crippen LogP contribution in [0.3, 0.4) is 0 Å². The van der Waals surface area contributed by atoms with Gasteiger partial charge < -0.3 is 9.84 Å². The number of hydrogen-bond acceptors (Lipinski definition) is 3. The van der Waals surface area contributed by atoms with Gasteiger partial charge >= 0.3 is 11.9 Å². The summed E-state index contributed by atoms with van der Waals surface area (Å²) in [6, 6.07) is 6.68. The molecule has 0 aliphatic heterocycles. The third kappa shape index (κ3) is 4.42. The number of ether oxygens (including phenoxy) is 1. The van der Waals surface area contributed by atoms with Crippen molar-refractivity contribution in [2.75, 3.05) is 0 Å². The summed E-state index contributed by atoms with van der Waals surface area (Å²) in [4.78, 5) is 21.1. The van der Waals surface area contributed by atoms with Crippen LogP contribution >= 0.6 is 15.9 Å². The van der Waals surface area contributed by atoms with Crippen LogP contribution in [0.15, 0.2) is 40.9 Å². The average molecular weight is 271 g/mol. The van der Waals surface area contributed by atoms with Crippen LogP contribution in [0.25, 0.3) is 0 Å². The Kier molecular flexibility index (Phi) is 4.05. The van der Waals surface area contributed by atoms with Gasteiger partial charge in [0.25, 0.3) is 0 Å². The Morgan fingerprint density at radius 3 is 2.67 bits per heavy atom. The third-order valence-electron chi connectivity index (χ3n) is 1.38. The molecular formula is C10H7BrO4. The van der Waals surface area contributed by atoms with Gasteiger partial charge in [0.05, 0.1) is 0 Å². The molecule has 0 saturated heterocycles. The molecule has 5 heteroatoms. The quantitative estimate of drug-likeness (QED) is 0.518. The molecule has 0 aromatic heterocycles. The van der Waals surface area contributed by atoms with E-state index in [1.165, 1.54) is 0 Å². The standard InChI is InChI=1S/C10H7BrO4/c11-7-2-1-3-8(6-7)15-10(14)5-4-9(12)13/h1-6H,(H,12,13)/b5-4-. The summed E-state index contributed by atoms with van der Waals surface area (Å²) in [7, 11) is 0. The molecule has 0 heterocycles. The Balaban J connectivity index is 2.63. The van der Waals surface area contributed by atoms with Gasteiger partial charge in [-0.3, -0.25) is 0 Å². The van der Waals surface area contributed by atoms with E-state index in [9.17, 15) is 9.59 Å². The first-order valence-corrected chi connectivity index (χ1v) is 4.75. The first kappa shape index (κ1) is 11.5. The Morgan fingerprint density at radius 1 is 1.33 bits per heavy atom.